The molecule has 64 valence electrons. The number of nitrogens with zero attached hydrogens (tertiary/aromatic N) is 2. The van der Waals surface area contributed by atoms with E-state index in [1.165, 1.54) is 12.1 Å². The maximum absolute atomic E-state index is 8.97. The van der Waals surface area contributed by atoms with Gasteiger partial charge in [-0.05, 0) is 34.7 Å². The summed E-state index contributed by atoms with van der Waals surface area (Å²) in [6.07, 6.45) is 2.42. The number of hydrogen-bond donors (Lipinski definition) is 1. The molecule has 12 heavy (non-hydrogen) atoms. The minimum Gasteiger partial charge on any atom is -0.390 e. The van der Waals surface area contributed by atoms with Gasteiger partial charge in [0.15, 0.2) is 0 Å². The third-order valence-electron chi connectivity index (χ3n) is 2.82. The van der Waals surface area contributed by atoms with Gasteiger partial charge in [0.05, 0.1) is 22.8 Å². The van der Waals surface area contributed by atoms with Gasteiger partial charge in [-0.15, -0.1) is 0 Å². The molecule has 3 rings (SSSR count). The van der Waals surface area contributed by atoms with Crippen molar-refractivity contribution in [1.29, 1.82) is 0 Å². The lowest BCUT2D eigenvalue weighted by molar-refractivity contribution is 0.274. The first kappa shape index (κ1) is 7.09. The van der Waals surface area contributed by atoms with Crippen molar-refractivity contribution in [3.63, 3.8) is 0 Å². The number of fused-ring (bicyclic) bond motifs is 3. The van der Waals surface area contributed by atoms with E-state index in [2.05, 4.69) is 25.7 Å². The van der Waals surface area contributed by atoms with Crippen molar-refractivity contribution >= 4 is 15.9 Å². The quantitative estimate of drug-likeness (QED) is 0.787. The lowest BCUT2D eigenvalue weighted by atomic mass is 10.2. The van der Waals surface area contributed by atoms with Crippen molar-refractivity contribution in [1.82, 2.24) is 9.78 Å². The molecule has 1 aromatic heterocycles. The van der Waals surface area contributed by atoms with Crippen LogP contribution in [0.25, 0.3) is 0 Å². The molecule has 2 aliphatic rings. The second-order valence-corrected chi connectivity index (χ2v) is 4.37. The average Bonchev–Trinajstić information content (AvgIpc) is 2.65. The maximum atomic E-state index is 8.97. The lowest BCUT2D eigenvalue weighted by Gasteiger charge is -1.95. The van der Waals surface area contributed by atoms with E-state index < -0.39 is 0 Å². The molecule has 4 heteroatoms. The average molecular weight is 229 g/mol. The number of aromatic nitrogens is 2. The van der Waals surface area contributed by atoms with E-state index in [9.17, 15) is 0 Å². The summed E-state index contributed by atoms with van der Waals surface area (Å²) in [6.45, 7) is 0.0397. The van der Waals surface area contributed by atoms with Gasteiger partial charge in [-0.2, -0.15) is 5.10 Å². The molecule has 1 aliphatic carbocycles. The highest BCUT2D eigenvalue weighted by molar-refractivity contribution is 9.10. The molecule has 0 amide bonds. The number of hydrogen-bond acceptors (Lipinski definition) is 2. The van der Waals surface area contributed by atoms with Gasteiger partial charge in [0.2, 0.25) is 0 Å². The van der Waals surface area contributed by atoms with Crippen LogP contribution in [-0.4, -0.2) is 14.9 Å². The fraction of sp³-hybridized carbons (Fsp3) is 0.625. The van der Waals surface area contributed by atoms with Gasteiger partial charge in [-0.3, -0.25) is 4.68 Å². The van der Waals surface area contributed by atoms with Gasteiger partial charge in [-0.1, -0.05) is 0 Å². The molecule has 1 aromatic rings. The third kappa shape index (κ3) is 0.721. The van der Waals surface area contributed by atoms with Gasteiger partial charge in [-0.25, -0.2) is 0 Å². The molecular weight excluding hydrogens is 220 g/mol. The van der Waals surface area contributed by atoms with Crippen LogP contribution in [0.4, 0.5) is 0 Å². The Morgan fingerprint density at radius 2 is 2.50 bits per heavy atom. The van der Waals surface area contributed by atoms with Gasteiger partial charge < -0.3 is 5.11 Å². The topological polar surface area (TPSA) is 38.1 Å². The van der Waals surface area contributed by atoms with Gasteiger partial charge in [0, 0.05) is 0 Å². The Morgan fingerprint density at radius 1 is 1.67 bits per heavy atom. The third-order valence-corrected chi connectivity index (χ3v) is 3.73. The largest absolute Gasteiger partial charge is 0.390 e. The number of rotatable bonds is 1. The van der Waals surface area contributed by atoms with Crippen LogP contribution < -0.4 is 0 Å². The predicted molar refractivity (Wildman–Crippen MR) is 46.7 cm³/mol. The molecule has 2 atom stereocenters. The van der Waals surface area contributed by atoms with Crippen molar-refractivity contribution in [2.24, 2.45) is 5.92 Å². The maximum Gasteiger partial charge on any atom is 0.102 e. The summed E-state index contributed by atoms with van der Waals surface area (Å²) in [5, 5.41) is 13.3. The first-order valence-electron chi connectivity index (χ1n) is 4.18. The summed E-state index contributed by atoms with van der Waals surface area (Å²) in [6, 6.07) is 0.650. The molecule has 0 saturated heterocycles. The Kier molecular flexibility index (Phi) is 1.25. The van der Waals surface area contributed by atoms with E-state index in [1.807, 2.05) is 0 Å². The number of halogens is 1. The summed E-state index contributed by atoms with van der Waals surface area (Å²) >= 11 is 3.47. The summed E-state index contributed by atoms with van der Waals surface area (Å²) < 4.78 is 3.11. The van der Waals surface area contributed by atoms with E-state index in [-0.39, 0.29) is 6.61 Å². The standard InChI is InChI=1S/C8H9BrN2O/c9-8-5(3-12)10-11-6-1-4(6)2-7(8)11/h4,6,12H,1-3H2/t4-,6-/m1/s1. The minimum atomic E-state index is 0.0397. The van der Waals surface area contributed by atoms with Crippen LogP contribution >= 0.6 is 15.9 Å². The highest BCUT2D eigenvalue weighted by Crippen LogP contribution is 2.52. The van der Waals surface area contributed by atoms with Crippen LogP contribution in [0.15, 0.2) is 4.47 Å². The zero-order valence-electron chi connectivity index (χ0n) is 6.50. The molecular formula is C8H9BrN2O. The molecule has 1 N–H and O–H groups in total. The smallest absolute Gasteiger partial charge is 0.102 e. The normalized spacial score (nSPS) is 30.2. The summed E-state index contributed by atoms with van der Waals surface area (Å²) in [5.41, 5.74) is 2.07. The second kappa shape index (κ2) is 2.12. The molecule has 3 nitrogen and oxygen atoms in total. The first-order chi connectivity index (χ1) is 5.81. The van der Waals surface area contributed by atoms with Crippen molar-refractivity contribution in [2.75, 3.05) is 0 Å². The van der Waals surface area contributed by atoms with Crippen LogP contribution in [0.2, 0.25) is 0 Å². The number of aliphatic hydroxyl groups excluding tert-OH is 1. The molecule has 1 saturated carbocycles. The van der Waals surface area contributed by atoms with Gasteiger partial charge in [0.1, 0.15) is 5.69 Å². The number of aliphatic hydroxyl groups is 1. The Labute approximate surface area is 78.5 Å². The Bertz CT molecular complexity index is 347. The van der Waals surface area contributed by atoms with Crippen molar-refractivity contribution < 1.29 is 5.11 Å². The van der Waals surface area contributed by atoms with Crippen LogP contribution in [0.5, 0.6) is 0 Å². The molecule has 1 fully saturated rings. The van der Waals surface area contributed by atoms with Crippen molar-refractivity contribution in [3.05, 3.63) is 15.9 Å². The summed E-state index contributed by atoms with van der Waals surface area (Å²) in [7, 11) is 0. The van der Waals surface area contributed by atoms with E-state index in [1.54, 1.807) is 0 Å². The first-order valence-corrected chi connectivity index (χ1v) is 4.97. The van der Waals surface area contributed by atoms with Crippen LogP contribution in [-0.2, 0) is 13.0 Å². The monoisotopic (exact) mass is 228 g/mol. The highest BCUT2D eigenvalue weighted by atomic mass is 79.9. The zero-order chi connectivity index (χ0) is 8.29. The van der Waals surface area contributed by atoms with Gasteiger partial charge in [0.25, 0.3) is 0 Å². The van der Waals surface area contributed by atoms with E-state index in [0.29, 0.717) is 6.04 Å². The second-order valence-electron chi connectivity index (χ2n) is 3.58. The SMILES string of the molecule is OCc1nn2c(c1Br)C[C@H]1C[C@H]12. The van der Waals surface area contributed by atoms with E-state index in [4.69, 9.17) is 5.11 Å². The van der Waals surface area contributed by atoms with Crippen LogP contribution in [0, 0.1) is 5.92 Å². The fourth-order valence-electron chi connectivity index (χ4n) is 2.06. The highest BCUT2D eigenvalue weighted by Gasteiger charge is 2.47. The van der Waals surface area contributed by atoms with Crippen LogP contribution in [0.1, 0.15) is 23.9 Å². The molecule has 0 aromatic carbocycles. The van der Waals surface area contributed by atoms with E-state index >= 15 is 0 Å². The van der Waals surface area contributed by atoms with Crippen LogP contribution in [0.3, 0.4) is 0 Å². The molecule has 0 unspecified atom stereocenters. The summed E-state index contributed by atoms with van der Waals surface area (Å²) in [5.74, 6) is 0.844. The molecule has 0 bridgehead atoms. The molecule has 0 radical (unpaired) electrons. The zero-order valence-corrected chi connectivity index (χ0v) is 8.08. The Hall–Kier alpha value is -0.350. The molecule has 1 aliphatic heterocycles. The van der Waals surface area contributed by atoms with Crippen molar-refractivity contribution in [3.8, 4) is 0 Å². The van der Waals surface area contributed by atoms with Gasteiger partial charge >= 0.3 is 0 Å². The molecule has 0 spiro atoms. The predicted octanol–water partition coefficient (Wildman–Crippen LogP) is 1.26. The van der Waals surface area contributed by atoms with Crippen molar-refractivity contribution in [2.45, 2.75) is 25.5 Å². The van der Waals surface area contributed by atoms with E-state index in [0.717, 1.165) is 22.5 Å². The molecule has 2 heterocycles. The minimum absolute atomic E-state index is 0.0397. The summed E-state index contributed by atoms with van der Waals surface area (Å²) in [4.78, 5) is 0. The Morgan fingerprint density at radius 3 is 3.17 bits per heavy atom. The lowest BCUT2D eigenvalue weighted by Crippen LogP contribution is -1.96. The Balaban J connectivity index is 2.14. The fourth-order valence-corrected chi connectivity index (χ4v) is 2.61.